The molecule has 0 saturated heterocycles. The van der Waals surface area contributed by atoms with Gasteiger partial charge in [0.1, 0.15) is 0 Å². The van der Waals surface area contributed by atoms with Gasteiger partial charge in [0.15, 0.2) is 0 Å². The zero-order valence-electron chi connectivity index (χ0n) is 11.9. The van der Waals surface area contributed by atoms with Crippen molar-refractivity contribution in [3.05, 3.63) is 59.5 Å². The molecule has 1 atom stereocenters. The Kier molecular flexibility index (Phi) is 3.86. The molecule has 1 nitrogen and oxygen atoms in total. The quantitative estimate of drug-likeness (QED) is 0.689. The van der Waals surface area contributed by atoms with Crippen molar-refractivity contribution in [1.29, 1.82) is 0 Å². The van der Waals surface area contributed by atoms with Gasteiger partial charge in [-0.05, 0) is 41.9 Å². The summed E-state index contributed by atoms with van der Waals surface area (Å²) in [4.78, 5) is 2.77. The van der Waals surface area contributed by atoms with Crippen LogP contribution >= 0.6 is 11.3 Å². The van der Waals surface area contributed by atoms with E-state index in [-0.39, 0.29) is 0 Å². The van der Waals surface area contributed by atoms with E-state index in [9.17, 15) is 0 Å². The Morgan fingerprint density at radius 1 is 1.00 bits per heavy atom. The first-order chi connectivity index (χ1) is 9.83. The highest BCUT2D eigenvalue weighted by Crippen LogP contribution is 2.36. The average Bonchev–Trinajstić information content (AvgIpc) is 2.97. The molecule has 3 aromatic rings. The zero-order chi connectivity index (χ0) is 13.9. The van der Waals surface area contributed by atoms with Gasteiger partial charge in [0, 0.05) is 15.8 Å². The van der Waals surface area contributed by atoms with Gasteiger partial charge in [-0.25, -0.2) is 0 Å². The minimum atomic E-state index is 0.462. The summed E-state index contributed by atoms with van der Waals surface area (Å²) in [5.41, 5.74) is 1.34. The van der Waals surface area contributed by atoms with Crippen LogP contribution in [0.5, 0.6) is 0 Å². The summed E-state index contributed by atoms with van der Waals surface area (Å²) in [5.74, 6) is 0. The molecular weight excluding hydrogens is 262 g/mol. The SMILES string of the molecule is CCC(NC)c1ccc(-c2cccc3ccccc23)s1. The predicted molar refractivity (Wildman–Crippen MR) is 89.4 cm³/mol. The number of nitrogens with one attached hydrogen (secondary N) is 1. The van der Waals surface area contributed by atoms with E-state index in [1.807, 2.05) is 18.4 Å². The fraction of sp³-hybridized carbons (Fsp3) is 0.222. The van der Waals surface area contributed by atoms with E-state index in [2.05, 4.69) is 66.8 Å². The minimum Gasteiger partial charge on any atom is -0.312 e. The molecule has 2 aromatic carbocycles. The van der Waals surface area contributed by atoms with E-state index in [0.29, 0.717) is 6.04 Å². The maximum Gasteiger partial charge on any atom is 0.0409 e. The van der Waals surface area contributed by atoms with Gasteiger partial charge in [-0.15, -0.1) is 11.3 Å². The molecule has 0 aliphatic heterocycles. The Balaban J connectivity index is 2.08. The standard InChI is InChI=1S/C18H19NS/c1-3-16(19-2)18-12-11-17(20-18)15-10-6-8-13-7-4-5-9-14(13)15/h4-12,16,19H,3H2,1-2H3. The summed E-state index contributed by atoms with van der Waals surface area (Å²) in [6.45, 7) is 2.22. The Bertz CT molecular complexity index is 705. The van der Waals surface area contributed by atoms with Gasteiger partial charge in [0.05, 0.1) is 0 Å². The molecule has 1 unspecified atom stereocenters. The van der Waals surface area contributed by atoms with Crippen LogP contribution in [0.3, 0.4) is 0 Å². The topological polar surface area (TPSA) is 12.0 Å². The molecule has 0 spiro atoms. The molecule has 1 heterocycles. The van der Waals surface area contributed by atoms with Gasteiger partial charge in [-0.2, -0.15) is 0 Å². The highest BCUT2D eigenvalue weighted by atomic mass is 32.1. The second kappa shape index (κ2) is 5.78. The van der Waals surface area contributed by atoms with Gasteiger partial charge in [0.2, 0.25) is 0 Å². The van der Waals surface area contributed by atoms with Crippen LogP contribution in [0.1, 0.15) is 24.3 Å². The number of hydrogen-bond acceptors (Lipinski definition) is 2. The lowest BCUT2D eigenvalue weighted by atomic mass is 10.0. The summed E-state index contributed by atoms with van der Waals surface area (Å²) in [7, 11) is 2.03. The Hall–Kier alpha value is -1.64. The number of fused-ring (bicyclic) bond motifs is 1. The maximum atomic E-state index is 3.38. The Morgan fingerprint density at radius 2 is 1.80 bits per heavy atom. The molecule has 20 heavy (non-hydrogen) atoms. The van der Waals surface area contributed by atoms with Crippen molar-refractivity contribution in [3.63, 3.8) is 0 Å². The molecule has 102 valence electrons. The first kappa shape index (κ1) is 13.3. The number of benzene rings is 2. The molecule has 2 heteroatoms. The largest absolute Gasteiger partial charge is 0.312 e. The fourth-order valence-corrected chi connectivity index (χ4v) is 3.91. The molecular formula is C18H19NS. The summed E-state index contributed by atoms with van der Waals surface area (Å²) in [6.07, 6.45) is 1.12. The van der Waals surface area contributed by atoms with E-state index in [4.69, 9.17) is 0 Å². The molecule has 0 saturated carbocycles. The second-order valence-electron chi connectivity index (χ2n) is 4.98. The Labute approximate surface area is 124 Å². The number of rotatable bonds is 4. The van der Waals surface area contributed by atoms with Crippen LogP contribution in [0.4, 0.5) is 0 Å². The van der Waals surface area contributed by atoms with Gasteiger partial charge in [-0.1, -0.05) is 49.4 Å². The van der Waals surface area contributed by atoms with E-state index in [1.54, 1.807) is 0 Å². The second-order valence-corrected chi connectivity index (χ2v) is 6.09. The Morgan fingerprint density at radius 3 is 2.60 bits per heavy atom. The highest BCUT2D eigenvalue weighted by molar-refractivity contribution is 7.15. The third-order valence-electron chi connectivity index (χ3n) is 3.78. The van der Waals surface area contributed by atoms with Gasteiger partial charge in [-0.3, -0.25) is 0 Å². The summed E-state index contributed by atoms with van der Waals surface area (Å²) in [6, 6.07) is 20.1. The van der Waals surface area contributed by atoms with Gasteiger partial charge in [0.25, 0.3) is 0 Å². The molecule has 0 amide bonds. The predicted octanol–water partition coefficient (Wildman–Crippen LogP) is 5.24. The molecule has 0 bridgehead atoms. The van der Waals surface area contributed by atoms with Gasteiger partial charge >= 0.3 is 0 Å². The van der Waals surface area contributed by atoms with Crippen LogP contribution in [0, 0.1) is 0 Å². The normalized spacial score (nSPS) is 12.7. The molecule has 3 rings (SSSR count). The van der Waals surface area contributed by atoms with E-state index in [1.165, 1.54) is 26.1 Å². The number of thiophene rings is 1. The number of hydrogen-bond donors (Lipinski definition) is 1. The lowest BCUT2D eigenvalue weighted by Crippen LogP contribution is -2.13. The monoisotopic (exact) mass is 281 g/mol. The van der Waals surface area contributed by atoms with E-state index in [0.717, 1.165) is 6.42 Å². The minimum absolute atomic E-state index is 0.462. The van der Waals surface area contributed by atoms with Crippen LogP contribution in [0.25, 0.3) is 21.2 Å². The van der Waals surface area contributed by atoms with Crippen molar-refractivity contribution in [3.8, 4) is 10.4 Å². The molecule has 1 N–H and O–H groups in total. The maximum absolute atomic E-state index is 3.38. The lowest BCUT2D eigenvalue weighted by molar-refractivity contribution is 0.586. The molecule has 0 aliphatic carbocycles. The van der Waals surface area contributed by atoms with Gasteiger partial charge < -0.3 is 5.32 Å². The average molecular weight is 281 g/mol. The van der Waals surface area contributed by atoms with Crippen LogP contribution < -0.4 is 5.32 Å². The zero-order valence-corrected chi connectivity index (χ0v) is 12.7. The molecule has 0 aliphatic rings. The third kappa shape index (κ3) is 2.37. The van der Waals surface area contributed by atoms with Crippen LogP contribution in [0.2, 0.25) is 0 Å². The van der Waals surface area contributed by atoms with Crippen molar-refractivity contribution >= 4 is 22.1 Å². The summed E-state index contributed by atoms with van der Waals surface area (Å²) < 4.78 is 0. The smallest absolute Gasteiger partial charge is 0.0409 e. The van der Waals surface area contributed by atoms with Crippen LogP contribution in [0.15, 0.2) is 54.6 Å². The first-order valence-electron chi connectivity index (χ1n) is 7.08. The molecule has 0 radical (unpaired) electrons. The van der Waals surface area contributed by atoms with Crippen molar-refractivity contribution in [2.45, 2.75) is 19.4 Å². The van der Waals surface area contributed by atoms with Crippen molar-refractivity contribution in [1.82, 2.24) is 5.32 Å². The fourth-order valence-electron chi connectivity index (χ4n) is 2.67. The van der Waals surface area contributed by atoms with Crippen molar-refractivity contribution in [2.75, 3.05) is 7.05 Å². The highest BCUT2D eigenvalue weighted by Gasteiger charge is 2.11. The van der Waals surface area contributed by atoms with Crippen molar-refractivity contribution < 1.29 is 0 Å². The summed E-state index contributed by atoms with van der Waals surface area (Å²) in [5, 5.41) is 6.02. The van der Waals surface area contributed by atoms with Crippen molar-refractivity contribution in [2.24, 2.45) is 0 Å². The summed E-state index contributed by atoms with van der Waals surface area (Å²) >= 11 is 1.90. The van der Waals surface area contributed by atoms with E-state index >= 15 is 0 Å². The third-order valence-corrected chi connectivity index (χ3v) is 5.01. The molecule has 1 aromatic heterocycles. The van der Waals surface area contributed by atoms with Crippen LogP contribution in [-0.4, -0.2) is 7.05 Å². The van der Waals surface area contributed by atoms with E-state index < -0.39 is 0 Å². The first-order valence-corrected chi connectivity index (χ1v) is 7.90. The molecule has 0 fully saturated rings. The van der Waals surface area contributed by atoms with Crippen LogP contribution in [-0.2, 0) is 0 Å². The lowest BCUT2D eigenvalue weighted by Gasteiger charge is -2.10.